The summed E-state index contributed by atoms with van der Waals surface area (Å²) in [6.07, 6.45) is 0.202. The highest BCUT2D eigenvalue weighted by Gasteiger charge is 2.15. The Hall–Kier alpha value is -1.13. The van der Waals surface area contributed by atoms with Crippen molar-refractivity contribution in [3.8, 4) is 0 Å². The molecule has 0 amide bonds. The third kappa shape index (κ3) is 3.47. The molecule has 3 nitrogen and oxygen atoms in total. The molecule has 1 aromatic rings. The van der Waals surface area contributed by atoms with Crippen LogP contribution in [-0.2, 0) is 4.74 Å². The van der Waals surface area contributed by atoms with Gasteiger partial charge in [-0.1, -0.05) is 18.2 Å². The summed E-state index contributed by atoms with van der Waals surface area (Å²) in [5.74, 6) is -0.445. The second-order valence-electron chi connectivity index (χ2n) is 3.16. The minimum atomic E-state index is -0.503. The van der Waals surface area contributed by atoms with Crippen LogP contribution in [0.3, 0.4) is 0 Å². The third-order valence-electron chi connectivity index (χ3n) is 2.19. The molecule has 5 heteroatoms. The van der Waals surface area contributed by atoms with Gasteiger partial charge >= 0.3 is 5.97 Å². The molecule has 0 spiro atoms. The number of rotatable bonds is 4. The fraction of sp³-hybridized carbons (Fsp3) is 0.364. The Bertz CT molecular complexity index is 347. The quantitative estimate of drug-likeness (QED) is 0.831. The molecule has 0 bridgehead atoms. The van der Waals surface area contributed by atoms with Crippen LogP contribution < -0.4 is 5.73 Å². The molecular weight excluding hydrogens is 233 g/mol. The summed E-state index contributed by atoms with van der Waals surface area (Å²) < 4.78 is 16.8. The van der Waals surface area contributed by atoms with Gasteiger partial charge in [0.05, 0.1) is 19.3 Å². The topological polar surface area (TPSA) is 52.3 Å². The van der Waals surface area contributed by atoms with Crippen LogP contribution in [0.5, 0.6) is 0 Å². The number of hydrogen-bond acceptors (Lipinski definition) is 3. The maximum Gasteiger partial charge on any atom is 0.338 e. The summed E-state index contributed by atoms with van der Waals surface area (Å²) in [7, 11) is 1.31. The zero-order valence-corrected chi connectivity index (χ0v) is 9.80. The highest BCUT2D eigenvalue weighted by atomic mass is 35.5. The second-order valence-corrected chi connectivity index (χ2v) is 3.16. The Kier molecular flexibility index (Phi) is 6.69. The van der Waals surface area contributed by atoms with Crippen LogP contribution >= 0.6 is 12.4 Å². The van der Waals surface area contributed by atoms with E-state index >= 15 is 0 Å². The predicted octanol–water partition coefficient (Wildman–Crippen LogP) is 2.25. The van der Waals surface area contributed by atoms with E-state index in [1.165, 1.54) is 7.11 Å². The third-order valence-corrected chi connectivity index (χ3v) is 2.19. The van der Waals surface area contributed by atoms with Crippen LogP contribution in [0, 0.1) is 0 Å². The molecule has 0 saturated heterocycles. The van der Waals surface area contributed by atoms with Crippen molar-refractivity contribution in [1.82, 2.24) is 0 Å². The molecule has 0 unspecified atom stereocenters. The lowest BCUT2D eigenvalue weighted by Crippen LogP contribution is -2.16. The van der Waals surface area contributed by atoms with Crippen LogP contribution in [0.4, 0.5) is 4.39 Å². The lowest BCUT2D eigenvalue weighted by Gasteiger charge is -2.13. The van der Waals surface area contributed by atoms with Gasteiger partial charge in [-0.25, -0.2) is 4.79 Å². The van der Waals surface area contributed by atoms with Crippen molar-refractivity contribution in [2.45, 2.75) is 12.5 Å². The first-order valence-corrected chi connectivity index (χ1v) is 4.69. The van der Waals surface area contributed by atoms with Crippen LogP contribution in [0.25, 0.3) is 0 Å². The van der Waals surface area contributed by atoms with Crippen molar-refractivity contribution < 1.29 is 13.9 Å². The maximum atomic E-state index is 12.1. The normalized spacial score (nSPS) is 11.4. The van der Waals surface area contributed by atoms with E-state index in [4.69, 9.17) is 5.73 Å². The summed E-state index contributed by atoms with van der Waals surface area (Å²) in [6.45, 7) is -0.503. The molecule has 1 aromatic carbocycles. The summed E-state index contributed by atoms with van der Waals surface area (Å²) in [5.41, 5.74) is 6.78. The Labute approximate surface area is 100 Å². The number of esters is 1. The van der Waals surface area contributed by atoms with Crippen molar-refractivity contribution in [3.63, 3.8) is 0 Å². The fourth-order valence-corrected chi connectivity index (χ4v) is 1.39. The van der Waals surface area contributed by atoms with Gasteiger partial charge in [0, 0.05) is 6.04 Å². The van der Waals surface area contributed by atoms with Crippen molar-refractivity contribution >= 4 is 18.4 Å². The molecule has 0 fully saturated rings. The number of ether oxygens (including phenoxy) is 1. The van der Waals surface area contributed by atoms with E-state index in [9.17, 15) is 9.18 Å². The Morgan fingerprint density at radius 2 is 2.12 bits per heavy atom. The van der Waals surface area contributed by atoms with Crippen LogP contribution in [0.15, 0.2) is 24.3 Å². The molecule has 0 aliphatic carbocycles. The van der Waals surface area contributed by atoms with E-state index in [0.29, 0.717) is 11.1 Å². The first-order chi connectivity index (χ1) is 7.20. The van der Waals surface area contributed by atoms with Crippen LogP contribution in [0.1, 0.15) is 28.4 Å². The summed E-state index contributed by atoms with van der Waals surface area (Å²) in [6, 6.07) is 6.36. The Morgan fingerprint density at radius 3 is 2.69 bits per heavy atom. The minimum Gasteiger partial charge on any atom is -0.465 e. The predicted molar refractivity (Wildman–Crippen MR) is 62.5 cm³/mol. The van der Waals surface area contributed by atoms with Gasteiger partial charge in [0.1, 0.15) is 0 Å². The van der Waals surface area contributed by atoms with Crippen molar-refractivity contribution in [3.05, 3.63) is 35.4 Å². The summed E-state index contributed by atoms with van der Waals surface area (Å²) >= 11 is 0. The molecule has 0 heterocycles. The fourth-order valence-electron chi connectivity index (χ4n) is 1.39. The number of methoxy groups -OCH3 is 1. The molecule has 90 valence electrons. The largest absolute Gasteiger partial charge is 0.465 e. The first kappa shape index (κ1) is 14.9. The molecule has 1 rings (SSSR count). The zero-order valence-electron chi connectivity index (χ0n) is 8.98. The van der Waals surface area contributed by atoms with Gasteiger partial charge in [-0.2, -0.15) is 0 Å². The molecule has 1 atom stereocenters. The monoisotopic (exact) mass is 247 g/mol. The number of benzene rings is 1. The smallest absolute Gasteiger partial charge is 0.338 e. The van der Waals surface area contributed by atoms with Gasteiger partial charge in [0.15, 0.2) is 0 Å². The molecule has 0 radical (unpaired) electrons. The number of halogens is 2. The van der Waals surface area contributed by atoms with Gasteiger partial charge in [-0.3, -0.25) is 4.39 Å². The van der Waals surface area contributed by atoms with Crippen molar-refractivity contribution in [2.24, 2.45) is 5.73 Å². The number of carbonyl (C=O) groups is 1. The van der Waals surface area contributed by atoms with Crippen molar-refractivity contribution in [1.29, 1.82) is 0 Å². The van der Waals surface area contributed by atoms with E-state index in [-0.39, 0.29) is 18.8 Å². The zero-order chi connectivity index (χ0) is 11.3. The summed E-state index contributed by atoms with van der Waals surface area (Å²) in [5, 5.41) is 0. The number of hydrogen-bond donors (Lipinski definition) is 1. The number of nitrogens with two attached hydrogens (primary N) is 1. The standard InChI is InChI=1S/C11H14FNO2.ClH/c1-15-11(14)9-5-3-2-4-8(9)10(13)6-7-12;/h2-5,10H,6-7,13H2,1H3;1H/t10-;/m1./s1. The maximum absolute atomic E-state index is 12.1. The van der Waals surface area contributed by atoms with E-state index < -0.39 is 18.7 Å². The lowest BCUT2D eigenvalue weighted by molar-refractivity contribution is 0.0598. The van der Waals surface area contributed by atoms with Gasteiger partial charge in [-0.15, -0.1) is 12.4 Å². The molecule has 0 aliphatic heterocycles. The first-order valence-electron chi connectivity index (χ1n) is 4.69. The average molecular weight is 248 g/mol. The van der Waals surface area contributed by atoms with Crippen LogP contribution in [-0.4, -0.2) is 19.8 Å². The number of alkyl halides is 1. The van der Waals surface area contributed by atoms with E-state index in [1.807, 2.05) is 0 Å². The molecule has 16 heavy (non-hydrogen) atoms. The van der Waals surface area contributed by atoms with Gasteiger partial charge < -0.3 is 10.5 Å². The molecule has 0 aromatic heterocycles. The Balaban J connectivity index is 0.00000225. The van der Waals surface area contributed by atoms with Crippen LogP contribution in [0.2, 0.25) is 0 Å². The number of carbonyl (C=O) groups excluding carboxylic acids is 1. The van der Waals surface area contributed by atoms with Gasteiger partial charge in [0.2, 0.25) is 0 Å². The van der Waals surface area contributed by atoms with Gasteiger partial charge in [0.25, 0.3) is 0 Å². The van der Waals surface area contributed by atoms with Gasteiger partial charge in [-0.05, 0) is 18.1 Å². The average Bonchev–Trinajstić information content (AvgIpc) is 2.28. The molecule has 2 N–H and O–H groups in total. The van der Waals surface area contributed by atoms with Crippen molar-refractivity contribution in [2.75, 3.05) is 13.8 Å². The molecular formula is C11H15ClFNO2. The minimum absolute atomic E-state index is 0. The van der Waals surface area contributed by atoms with E-state index in [0.717, 1.165) is 0 Å². The highest BCUT2D eigenvalue weighted by molar-refractivity contribution is 5.91. The van der Waals surface area contributed by atoms with E-state index in [2.05, 4.69) is 4.74 Å². The second kappa shape index (κ2) is 7.19. The Morgan fingerprint density at radius 1 is 1.50 bits per heavy atom. The molecule has 0 saturated carbocycles. The SMILES string of the molecule is COC(=O)c1ccccc1[C@H](N)CCF.Cl. The van der Waals surface area contributed by atoms with E-state index in [1.54, 1.807) is 24.3 Å². The lowest BCUT2D eigenvalue weighted by atomic mass is 9.99. The molecule has 0 aliphatic rings. The summed E-state index contributed by atoms with van der Waals surface area (Å²) in [4.78, 5) is 11.4. The highest BCUT2D eigenvalue weighted by Crippen LogP contribution is 2.19.